The third kappa shape index (κ3) is 4.37. The molecule has 1 amide bonds. The molecule has 1 unspecified atom stereocenters. The van der Waals surface area contributed by atoms with Crippen molar-refractivity contribution in [1.82, 2.24) is 9.97 Å². The summed E-state index contributed by atoms with van der Waals surface area (Å²) >= 11 is 0. The molecule has 0 spiro atoms. The zero-order valence-corrected chi connectivity index (χ0v) is 15.0. The van der Waals surface area contributed by atoms with Crippen molar-refractivity contribution in [3.63, 3.8) is 0 Å². The first-order valence-electron chi connectivity index (χ1n) is 8.97. The van der Waals surface area contributed by atoms with Crippen LogP contribution in [0.4, 0.5) is 24.8 Å². The number of benzene rings is 1. The molecule has 1 N–H and O–H groups in total. The van der Waals surface area contributed by atoms with Gasteiger partial charge in [-0.25, -0.2) is 9.97 Å². The van der Waals surface area contributed by atoms with Gasteiger partial charge in [0.2, 0.25) is 5.95 Å². The predicted molar refractivity (Wildman–Crippen MR) is 96.7 cm³/mol. The van der Waals surface area contributed by atoms with E-state index < -0.39 is 17.6 Å². The maximum absolute atomic E-state index is 13.1. The monoisotopic (exact) mass is 378 g/mol. The Kier molecular flexibility index (Phi) is 5.62. The quantitative estimate of drug-likeness (QED) is 0.850. The lowest BCUT2D eigenvalue weighted by Gasteiger charge is -2.35. The number of halogens is 3. The molecule has 1 aromatic heterocycles. The first kappa shape index (κ1) is 19.1. The Hall–Kier alpha value is -2.64. The summed E-state index contributed by atoms with van der Waals surface area (Å²) in [5.74, 6) is -0.251. The van der Waals surface area contributed by atoms with Crippen LogP contribution < -0.4 is 10.2 Å². The van der Waals surface area contributed by atoms with Gasteiger partial charge in [0, 0.05) is 18.8 Å². The Balaban J connectivity index is 1.83. The number of carbonyl (C=O) groups is 1. The molecule has 144 valence electrons. The Morgan fingerprint density at radius 2 is 2.04 bits per heavy atom. The minimum Gasteiger partial charge on any atom is -0.338 e. The molecule has 0 saturated carbocycles. The van der Waals surface area contributed by atoms with Gasteiger partial charge in [-0.2, -0.15) is 13.2 Å². The molecule has 0 radical (unpaired) electrons. The number of amides is 1. The first-order chi connectivity index (χ1) is 12.9. The van der Waals surface area contributed by atoms with Gasteiger partial charge in [0.05, 0.1) is 11.3 Å². The van der Waals surface area contributed by atoms with Crippen LogP contribution in [0.15, 0.2) is 36.5 Å². The minimum absolute atomic E-state index is 0.0393. The van der Waals surface area contributed by atoms with Gasteiger partial charge in [0.15, 0.2) is 0 Å². The van der Waals surface area contributed by atoms with Crippen molar-refractivity contribution in [2.45, 2.75) is 44.8 Å². The van der Waals surface area contributed by atoms with E-state index in [0.29, 0.717) is 12.0 Å². The van der Waals surface area contributed by atoms with Crippen LogP contribution in [-0.4, -0.2) is 28.5 Å². The molecule has 1 fully saturated rings. The van der Waals surface area contributed by atoms with E-state index in [4.69, 9.17) is 0 Å². The summed E-state index contributed by atoms with van der Waals surface area (Å²) in [6.07, 6.45) is 1.06. The van der Waals surface area contributed by atoms with Crippen LogP contribution in [0.3, 0.4) is 0 Å². The fraction of sp³-hybridized carbons (Fsp3) is 0.421. The molecule has 1 aliphatic heterocycles. The lowest BCUT2D eigenvalue weighted by molar-refractivity contribution is -0.136. The van der Waals surface area contributed by atoms with E-state index in [-0.39, 0.29) is 11.4 Å². The molecule has 0 bridgehead atoms. The zero-order valence-electron chi connectivity index (χ0n) is 15.0. The van der Waals surface area contributed by atoms with E-state index in [1.54, 1.807) is 0 Å². The van der Waals surface area contributed by atoms with E-state index in [0.717, 1.165) is 38.3 Å². The largest absolute Gasteiger partial charge is 0.418 e. The molecular formula is C19H21F3N4O. The highest BCUT2D eigenvalue weighted by atomic mass is 19.4. The van der Waals surface area contributed by atoms with Gasteiger partial charge in [-0.05, 0) is 43.9 Å². The zero-order chi connectivity index (χ0) is 19.4. The summed E-state index contributed by atoms with van der Waals surface area (Å²) in [4.78, 5) is 23.1. The number of hydrogen-bond acceptors (Lipinski definition) is 4. The number of nitrogens with one attached hydrogen (secondary N) is 1. The fourth-order valence-electron chi connectivity index (χ4n) is 3.33. The van der Waals surface area contributed by atoms with Crippen molar-refractivity contribution in [2.24, 2.45) is 0 Å². The average molecular weight is 378 g/mol. The smallest absolute Gasteiger partial charge is 0.338 e. The molecule has 1 atom stereocenters. The first-order valence-corrected chi connectivity index (χ1v) is 8.97. The second-order valence-corrected chi connectivity index (χ2v) is 6.49. The number of rotatable bonds is 4. The highest BCUT2D eigenvalue weighted by Crippen LogP contribution is 2.34. The summed E-state index contributed by atoms with van der Waals surface area (Å²) < 4.78 is 39.3. The van der Waals surface area contributed by atoms with E-state index in [9.17, 15) is 18.0 Å². The van der Waals surface area contributed by atoms with Crippen LogP contribution in [0.25, 0.3) is 0 Å². The number of carbonyl (C=O) groups excluding carboxylic acids is 1. The van der Waals surface area contributed by atoms with Crippen molar-refractivity contribution in [2.75, 3.05) is 16.8 Å². The van der Waals surface area contributed by atoms with E-state index in [2.05, 4.69) is 27.1 Å². The number of aromatic nitrogens is 2. The van der Waals surface area contributed by atoms with Gasteiger partial charge < -0.3 is 10.2 Å². The van der Waals surface area contributed by atoms with Gasteiger partial charge in [-0.15, -0.1) is 0 Å². The third-order valence-electron chi connectivity index (χ3n) is 4.71. The molecular weight excluding hydrogens is 357 g/mol. The lowest BCUT2D eigenvalue weighted by atomic mass is 10.0. The fourth-order valence-corrected chi connectivity index (χ4v) is 3.33. The summed E-state index contributed by atoms with van der Waals surface area (Å²) in [7, 11) is 0. The number of anilines is 2. The van der Waals surface area contributed by atoms with Crippen LogP contribution in [0, 0.1) is 0 Å². The summed E-state index contributed by atoms with van der Waals surface area (Å²) in [5, 5.41) is 2.32. The third-order valence-corrected chi connectivity index (χ3v) is 4.71. The lowest BCUT2D eigenvalue weighted by Crippen LogP contribution is -2.40. The van der Waals surface area contributed by atoms with E-state index in [1.807, 2.05) is 0 Å². The molecule has 3 rings (SSSR count). The van der Waals surface area contributed by atoms with Crippen molar-refractivity contribution in [3.8, 4) is 0 Å². The highest BCUT2D eigenvalue weighted by molar-refractivity contribution is 6.03. The van der Waals surface area contributed by atoms with Gasteiger partial charge in [0.1, 0.15) is 5.69 Å². The Labute approximate surface area is 155 Å². The van der Waals surface area contributed by atoms with Gasteiger partial charge in [-0.1, -0.05) is 19.1 Å². The molecule has 1 aromatic carbocycles. The van der Waals surface area contributed by atoms with E-state index >= 15 is 0 Å². The molecule has 2 heterocycles. The van der Waals surface area contributed by atoms with Gasteiger partial charge in [-0.3, -0.25) is 4.79 Å². The number of hydrogen-bond donors (Lipinski definition) is 1. The predicted octanol–water partition coefficient (Wildman–Crippen LogP) is 4.52. The normalized spacial score (nSPS) is 17.6. The molecule has 1 aliphatic rings. The van der Waals surface area contributed by atoms with Crippen molar-refractivity contribution >= 4 is 17.5 Å². The minimum atomic E-state index is -4.55. The van der Waals surface area contributed by atoms with Crippen LogP contribution >= 0.6 is 0 Å². The molecule has 27 heavy (non-hydrogen) atoms. The Morgan fingerprint density at radius 1 is 1.26 bits per heavy atom. The standard InChI is InChI=1S/C19H21F3N4O/c1-2-13-7-5-6-12-26(13)18-23-11-10-16(25-18)17(27)24-15-9-4-3-8-14(15)19(20,21)22/h3-4,8-11,13H,2,5-7,12H2,1H3,(H,24,27). The van der Waals surface area contributed by atoms with Crippen LogP contribution in [0.1, 0.15) is 48.7 Å². The topological polar surface area (TPSA) is 58.1 Å². The van der Waals surface area contributed by atoms with Crippen molar-refractivity contribution in [3.05, 3.63) is 47.8 Å². The maximum atomic E-state index is 13.1. The van der Waals surface area contributed by atoms with Crippen molar-refractivity contribution < 1.29 is 18.0 Å². The Bertz CT molecular complexity index is 810. The molecule has 2 aromatic rings. The molecule has 8 heteroatoms. The van der Waals surface area contributed by atoms with Crippen LogP contribution in [0.2, 0.25) is 0 Å². The number of piperidine rings is 1. The summed E-state index contributed by atoms with van der Waals surface area (Å²) in [6.45, 7) is 2.90. The molecule has 1 saturated heterocycles. The second kappa shape index (κ2) is 7.94. The maximum Gasteiger partial charge on any atom is 0.418 e. The summed E-state index contributed by atoms with van der Waals surface area (Å²) in [5.41, 5.74) is -1.15. The number of alkyl halides is 3. The molecule has 0 aliphatic carbocycles. The van der Waals surface area contributed by atoms with Gasteiger partial charge >= 0.3 is 6.18 Å². The van der Waals surface area contributed by atoms with Gasteiger partial charge in [0.25, 0.3) is 5.91 Å². The highest BCUT2D eigenvalue weighted by Gasteiger charge is 2.33. The van der Waals surface area contributed by atoms with Crippen molar-refractivity contribution in [1.29, 1.82) is 0 Å². The van der Waals surface area contributed by atoms with E-state index in [1.165, 1.54) is 30.5 Å². The number of para-hydroxylation sites is 1. The molecule has 5 nitrogen and oxygen atoms in total. The Morgan fingerprint density at radius 3 is 2.78 bits per heavy atom. The summed E-state index contributed by atoms with van der Waals surface area (Å²) in [6, 6.07) is 6.59. The number of nitrogens with zero attached hydrogens (tertiary/aromatic N) is 3. The second-order valence-electron chi connectivity index (χ2n) is 6.49. The SMILES string of the molecule is CCC1CCCCN1c1nccc(C(=O)Nc2ccccc2C(F)(F)F)n1. The van der Waals surface area contributed by atoms with Crippen LogP contribution in [0.5, 0.6) is 0 Å². The van der Waals surface area contributed by atoms with Crippen LogP contribution in [-0.2, 0) is 6.18 Å². The average Bonchev–Trinajstić information content (AvgIpc) is 2.67.